The molecule has 0 heterocycles. The topological polar surface area (TPSA) is 84.5 Å². The number of rotatable bonds is 10. The van der Waals surface area contributed by atoms with E-state index in [0.29, 0.717) is 24.4 Å². The maximum absolute atomic E-state index is 12.0. The zero-order valence-electron chi connectivity index (χ0n) is 16.1. The van der Waals surface area contributed by atoms with E-state index in [4.69, 9.17) is 4.74 Å². The fourth-order valence-corrected chi connectivity index (χ4v) is 2.67. The van der Waals surface area contributed by atoms with Crippen LogP contribution in [0.3, 0.4) is 0 Å². The van der Waals surface area contributed by atoms with Crippen molar-refractivity contribution < 1.29 is 19.1 Å². The summed E-state index contributed by atoms with van der Waals surface area (Å²) >= 11 is 0. The fraction of sp³-hybridized carbons (Fsp3) is 0.318. The molecule has 0 aliphatic rings. The Labute approximate surface area is 165 Å². The normalized spacial score (nSPS) is 10.2. The van der Waals surface area contributed by atoms with Crippen LogP contribution in [0.4, 0.5) is 11.4 Å². The van der Waals surface area contributed by atoms with Gasteiger partial charge in [0.1, 0.15) is 0 Å². The third-order valence-corrected chi connectivity index (χ3v) is 3.97. The zero-order chi connectivity index (χ0) is 20.2. The van der Waals surface area contributed by atoms with Gasteiger partial charge in [-0.3, -0.25) is 14.4 Å². The molecule has 6 nitrogen and oxygen atoms in total. The van der Waals surface area contributed by atoms with E-state index in [9.17, 15) is 14.4 Å². The minimum Gasteiger partial charge on any atom is -0.466 e. The molecule has 0 saturated heterocycles. The average Bonchev–Trinajstić information content (AvgIpc) is 2.66. The smallest absolute Gasteiger partial charge is 0.305 e. The van der Waals surface area contributed by atoms with Gasteiger partial charge in [0, 0.05) is 31.1 Å². The van der Waals surface area contributed by atoms with E-state index in [1.54, 1.807) is 24.3 Å². The summed E-state index contributed by atoms with van der Waals surface area (Å²) in [5.41, 5.74) is 2.43. The Balaban J connectivity index is 1.59. The Morgan fingerprint density at radius 1 is 0.857 bits per heavy atom. The number of amides is 2. The zero-order valence-corrected chi connectivity index (χ0v) is 16.1. The third-order valence-electron chi connectivity index (χ3n) is 3.97. The molecule has 148 valence electrons. The van der Waals surface area contributed by atoms with Crippen LogP contribution in [0.15, 0.2) is 54.6 Å². The van der Waals surface area contributed by atoms with Gasteiger partial charge in [-0.15, -0.1) is 0 Å². The van der Waals surface area contributed by atoms with E-state index >= 15 is 0 Å². The molecule has 0 atom stereocenters. The summed E-state index contributed by atoms with van der Waals surface area (Å²) in [5, 5.41) is 5.42. The predicted molar refractivity (Wildman–Crippen MR) is 109 cm³/mol. The molecule has 0 radical (unpaired) electrons. The van der Waals surface area contributed by atoms with E-state index < -0.39 is 0 Å². The first kappa shape index (κ1) is 21.2. The van der Waals surface area contributed by atoms with Crippen molar-refractivity contribution >= 4 is 29.2 Å². The Hall–Kier alpha value is -3.15. The predicted octanol–water partition coefficient (Wildman–Crippen LogP) is 3.93. The fourth-order valence-electron chi connectivity index (χ4n) is 2.67. The van der Waals surface area contributed by atoms with Crippen LogP contribution in [0.2, 0.25) is 0 Å². The van der Waals surface area contributed by atoms with Crippen LogP contribution >= 0.6 is 0 Å². The van der Waals surface area contributed by atoms with Crippen molar-refractivity contribution in [1.82, 2.24) is 0 Å². The molecule has 0 aliphatic heterocycles. The molecule has 0 saturated carbocycles. The van der Waals surface area contributed by atoms with Gasteiger partial charge in [0.2, 0.25) is 11.8 Å². The number of ether oxygens (including phenoxy) is 1. The molecule has 6 heteroatoms. The first-order valence-electron chi connectivity index (χ1n) is 9.40. The highest BCUT2D eigenvalue weighted by Gasteiger charge is 2.07. The number of carbonyl (C=O) groups is 3. The number of anilines is 2. The summed E-state index contributed by atoms with van der Waals surface area (Å²) < 4.78 is 5.21. The highest BCUT2D eigenvalue weighted by molar-refractivity contribution is 5.93. The molecule has 0 aromatic heterocycles. The molecule has 2 rings (SSSR count). The van der Waals surface area contributed by atoms with Crippen LogP contribution in [0.5, 0.6) is 0 Å². The second-order valence-electron chi connectivity index (χ2n) is 6.47. The van der Waals surface area contributed by atoms with Crippen molar-refractivity contribution in [1.29, 1.82) is 0 Å². The second kappa shape index (κ2) is 11.5. The summed E-state index contributed by atoms with van der Waals surface area (Å²) in [6.07, 6.45) is 2.51. The molecule has 2 aromatic carbocycles. The molecular formula is C22H26N2O4. The Kier molecular flexibility index (Phi) is 8.72. The minimum absolute atomic E-state index is 0.175. The molecular weight excluding hydrogens is 356 g/mol. The molecule has 0 unspecified atom stereocenters. The summed E-state index contributed by atoms with van der Waals surface area (Å²) in [7, 11) is 0. The Morgan fingerprint density at radius 3 is 2.29 bits per heavy atom. The van der Waals surface area contributed by atoms with E-state index in [1.165, 1.54) is 12.5 Å². The highest BCUT2D eigenvalue weighted by atomic mass is 16.5. The SMILES string of the molecule is CC(=O)Nc1cccc(NC(=O)CCCC(=O)OCCCc2ccccc2)c1. The number of benzene rings is 2. The standard InChI is InChI=1S/C22H26N2O4/c1-17(25)23-19-11-5-12-20(16-19)24-21(26)13-6-14-22(27)28-15-7-10-18-8-3-2-4-9-18/h2-5,8-9,11-12,16H,6-7,10,13-15H2,1H3,(H,23,25)(H,24,26). The maximum atomic E-state index is 12.0. The third kappa shape index (κ3) is 8.49. The van der Waals surface area contributed by atoms with Crippen LogP contribution in [-0.2, 0) is 25.5 Å². The van der Waals surface area contributed by atoms with Crippen LogP contribution in [0.1, 0.15) is 38.2 Å². The van der Waals surface area contributed by atoms with Crippen LogP contribution in [-0.4, -0.2) is 24.4 Å². The molecule has 0 aliphatic carbocycles. The van der Waals surface area contributed by atoms with E-state index in [1.807, 2.05) is 30.3 Å². The highest BCUT2D eigenvalue weighted by Crippen LogP contribution is 2.15. The number of nitrogens with one attached hydrogen (secondary N) is 2. The van der Waals surface area contributed by atoms with Crippen molar-refractivity contribution in [3.8, 4) is 0 Å². The summed E-state index contributed by atoms with van der Waals surface area (Å²) in [6.45, 7) is 1.81. The maximum Gasteiger partial charge on any atom is 0.305 e. The van der Waals surface area contributed by atoms with Crippen LogP contribution < -0.4 is 10.6 Å². The van der Waals surface area contributed by atoms with E-state index in [2.05, 4.69) is 10.6 Å². The first-order valence-corrected chi connectivity index (χ1v) is 9.40. The number of hydrogen-bond acceptors (Lipinski definition) is 4. The number of aryl methyl sites for hydroxylation is 1. The number of carbonyl (C=O) groups excluding carboxylic acids is 3. The second-order valence-corrected chi connectivity index (χ2v) is 6.47. The van der Waals surface area contributed by atoms with Gasteiger partial charge >= 0.3 is 5.97 Å². The largest absolute Gasteiger partial charge is 0.466 e. The molecule has 0 spiro atoms. The van der Waals surface area contributed by atoms with Gasteiger partial charge in [-0.05, 0) is 43.0 Å². The van der Waals surface area contributed by atoms with Gasteiger partial charge in [-0.25, -0.2) is 0 Å². The molecule has 2 N–H and O–H groups in total. The lowest BCUT2D eigenvalue weighted by molar-refractivity contribution is -0.143. The molecule has 0 bridgehead atoms. The molecule has 2 aromatic rings. The van der Waals surface area contributed by atoms with Gasteiger partial charge in [-0.1, -0.05) is 36.4 Å². The average molecular weight is 382 g/mol. The van der Waals surface area contributed by atoms with Crippen molar-refractivity contribution in [3.05, 3.63) is 60.2 Å². The minimum atomic E-state index is -0.284. The monoisotopic (exact) mass is 382 g/mol. The van der Waals surface area contributed by atoms with Crippen LogP contribution in [0, 0.1) is 0 Å². The Morgan fingerprint density at radius 2 is 1.57 bits per heavy atom. The van der Waals surface area contributed by atoms with Crippen molar-refractivity contribution in [2.24, 2.45) is 0 Å². The van der Waals surface area contributed by atoms with Gasteiger partial charge in [0.15, 0.2) is 0 Å². The van der Waals surface area contributed by atoms with E-state index in [-0.39, 0.29) is 30.6 Å². The summed E-state index contributed by atoms with van der Waals surface area (Å²) in [5.74, 6) is -0.642. The van der Waals surface area contributed by atoms with Crippen molar-refractivity contribution in [3.63, 3.8) is 0 Å². The molecule has 2 amide bonds. The van der Waals surface area contributed by atoms with Crippen molar-refractivity contribution in [2.75, 3.05) is 17.2 Å². The lowest BCUT2D eigenvalue weighted by Gasteiger charge is -2.08. The summed E-state index contributed by atoms with van der Waals surface area (Å²) in [6, 6.07) is 17.0. The first-order chi connectivity index (χ1) is 13.5. The van der Waals surface area contributed by atoms with Gasteiger partial charge in [0.05, 0.1) is 6.61 Å². The molecule has 0 fully saturated rings. The van der Waals surface area contributed by atoms with Gasteiger partial charge in [0.25, 0.3) is 0 Å². The van der Waals surface area contributed by atoms with E-state index in [0.717, 1.165) is 12.8 Å². The van der Waals surface area contributed by atoms with Crippen molar-refractivity contribution in [2.45, 2.75) is 39.0 Å². The quantitative estimate of drug-likeness (QED) is 0.482. The summed E-state index contributed by atoms with van der Waals surface area (Å²) in [4.78, 5) is 34.8. The molecule has 28 heavy (non-hydrogen) atoms. The Bertz CT molecular complexity index is 790. The number of hydrogen-bond donors (Lipinski definition) is 2. The lowest BCUT2D eigenvalue weighted by Crippen LogP contribution is -2.13. The van der Waals surface area contributed by atoms with Gasteiger partial charge in [-0.2, -0.15) is 0 Å². The van der Waals surface area contributed by atoms with Crippen LogP contribution in [0.25, 0.3) is 0 Å². The van der Waals surface area contributed by atoms with Gasteiger partial charge < -0.3 is 15.4 Å². The number of esters is 1. The lowest BCUT2D eigenvalue weighted by atomic mass is 10.1.